The summed E-state index contributed by atoms with van der Waals surface area (Å²) in [4.78, 5) is 26.4. The maximum Gasteiger partial charge on any atom is 0.322 e. The summed E-state index contributed by atoms with van der Waals surface area (Å²) in [6, 6.07) is 16.0. The highest BCUT2D eigenvalue weighted by molar-refractivity contribution is 6.04. The molecule has 0 aromatic heterocycles. The molecule has 25 heavy (non-hydrogen) atoms. The Labute approximate surface area is 146 Å². The zero-order valence-electron chi connectivity index (χ0n) is 14.1. The SMILES string of the molecule is C[C@@H]1COCCN1C(=O)Nc1cccc(NC(=O)c2ccccc2)c1. The van der Waals surface area contributed by atoms with Crippen molar-refractivity contribution in [1.82, 2.24) is 4.90 Å². The molecule has 0 unspecified atom stereocenters. The third-order valence-electron chi connectivity index (χ3n) is 4.04. The third kappa shape index (κ3) is 4.36. The van der Waals surface area contributed by atoms with E-state index >= 15 is 0 Å². The van der Waals surface area contributed by atoms with Crippen LogP contribution in [0.2, 0.25) is 0 Å². The summed E-state index contributed by atoms with van der Waals surface area (Å²) in [5.41, 5.74) is 1.84. The van der Waals surface area contributed by atoms with Crippen molar-refractivity contribution in [2.24, 2.45) is 0 Å². The van der Waals surface area contributed by atoms with Crippen molar-refractivity contribution in [2.45, 2.75) is 13.0 Å². The molecule has 6 nitrogen and oxygen atoms in total. The van der Waals surface area contributed by atoms with Gasteiger partial charge in [0.05, 0.1) is 19.3 Å². The van der Waals surface area contributed by atoms with E-state index in [2.05, 4.69) is 10.6 Å². The Bertz CT molecular complexity index is 749. The van der Waals surface area contributed by atoms with Crippen LogP contribution >= 0.6 is 0 Å². The van der Waals surface area contributed by atoms with E-state index in [0.717, 1.165) is 0 Å². The van der Waals surface area contributed by atoms with Crippen LogP contribution in [-0.4, -0.2) is 42.6 Å². The fourth-order valence-corrected chi connectivity index (χ4v) is 2.69. The van der Waals surface area contributed by atoms with Crippen LogP contribution in [0.1, 0.15) is 17.3 Å². The second-order valence-electron chi connectivity index (χ2n) is 5.95. The first kappa shape index (κ1) is 17.0. The minimum atomic E-state index is -0.189. The van der Waals surface area contributed by atoms with Gasteiger partial charge in [0.15, 0.2) is 0 Å². The number of urea groups is 1. The molecule has 1 atom stereocenters. The van der Waals surface area contributed by atoms with E-state index in [4.69, 9.17) is 4.74 Å². The number of hydrogen-bond acceptors (Lipinski definition) is 3. The Morgan fingerprint density at radius 2 is 1.76 bits per heavy atom. The van der Waals surface area contributed by atoms with Crippen molar-refractivity contribution < 1.29 is 14.3 Å². The predicted octanol–water partition coefficient (Wildman–Crippen LogP) is 3.19. The van der Waals surface area contributed by atoms with Crippen LogP contribution in [0.15, 0.2) is 54.6 Å². The average Bonchev–Trinajstić information content (AvgIpc) is 2.63. The Morgan fingerprint density at radius 3 is 2.48 bits per heavy atom. The first-order valence-electron chi connectivity index (χ1n) is 8.25. The third-order valence-corrected chi connectivity index (χ3v) is 4.04. The molecule has 3 amide bonds. The average molecular weight is 339 g/mol. The van der Waals surface area contributed by atoms with E-state index in [1.165, 1.54) is 0 Å². The van der Waals surface area contributed by atoms with Crippen molar-refractivity contribution in [3.8, 4) is 0 Å². The van der Waals surface area contributed by atoms with Crippen molar-refractivity contribution in [3.05, 3.63) is 60.2 Å². The summed E-state index contributed by atoms with van der Waals surface area (Å²) < 4.78 is 5.35. The summed E-state index contributed by atoms with van der Waals surface area (Å²) in [6.07, 6.45) is 0. The smallest absolute Gasteiger partial charge is 0.322 e. The van der Waals surface area contributed by atoms with E-state index in [-0.39, 0.29) is 18.0 Å². The Kier molecular flexibility index (Phi) is 5.30. The van der Waals surface area contributed by atoms with Crippen LogP contribution in [0.25, 0.3) is 0 Å². The number of anilines is 2. The number of hydrogen-bond donors (Lipinski definition) is 2. The van der Waals surface area contributed by atoms with Gasteiger partial charge >= 0.3 is 6.03 Å². The van der Waals surface area contributed by atoms with Gasteiger partial charge in [0, 0.05) is 23.5 Å². The van der Waals surface area contributed by atoms with Crippen molar-refractivity contribution in [2.75, 3.05) is 30.4 Å². The summed E-state index contributed by atoms with van der Waals surface area (Å²) in [5.74, 6) is -0.189. The van der Waals surface area contributed by atoms with Gasteiger partial charge in [-0.1, -0.05) is 24.3 Å². The highest BCUT2D eigenvalue weighted by Gasteiger charge is 2.23. The second-order valence-corrected chi connectivity index (χ2v) is 5.95. The molecule has 3 rings (SSSR count). The molecule has 1 heterocycles. The van der Waals surface area contributed by atoms with Crippen molar-refractivity contribution in [3.63, 3.8) is 0 Å². The fourth-order valence-electron chi connectivity index (χ4n) is 2.69. The molecule has 130 valence electrons. The summed E-state index contributed by atoms with van der Waals surface area (Å²) in [5, 5.41) is 5.71. The number of amides is 3. The number of morpholine rings is 1. The zero-order chi connectivity index (χ0) is 17.6. The van der Waals surface area contributed by atoms with Crippen LogP contribution < -0.4 is 10.6 Å². The molecule has 1 saturated heterocycles. The number of carbonyl (C=O) groups is 2. The van der Waals surface area contributed by atoms with E-state index in [1.54, 1.807) is 41.3 Å². The monoisotopic (exact) mass is 339 g/mol. The van der Waals surface area contributed by atoms with E-state index in [9.17, 15) is 9.59 Å². The summed E-state index contributed by atoms with van der Waals surface area (Å²) in [7, 11) is 0. The van der Waals surface area contributed by atoms with Gasteiger partial charge in [-0.05, 0) is 37.3 Å². The molecule has 0 spiro atoms. The van der Waals surface area contributed by atoms with Crippen LogP contribution in [0, 0.1) is 0 Å². The lowest BCUT2D eigenvalue weighted by molar-refractivity contribution is 0.0222. The molecule has 6 heteroatoms. The molecular formula is C19H21N3O3. The van der Waals surface area contributed by atoms with Crippen LogP contribution in [0.4, 0.5) is 16.2 Å². The lowest BCUT2D eigenvalue weighted by Crippen LogP contribution is -2.48. The molecule has 1 fully saturated rings. The Morgan fingerprint density at radius 1 is 1.04 bits per heavy atom. The molecule has 0 radical (unpaired) electrons. The quantitative estimate of drug-likeness (QED) is 0.902. The van der Waals surface area contributed by atoms with Gasteiger partial charge in [-0.25, -0.2) is 4.79 Å². The lowest BCUT2D eigenvalue weighted by atomic mass is 10.2. The first-order valence-corrected chi connectivity index (χ1v) is 8.25. The summed E-state index contributed by atoms with van der Waals surface area (Å²) in [6.45, 7) is 3.61. The fraction of sp³-hybridized carbons (Fsp3) is 0.263. The minimum absolute atomic E-state index is 0.0368. The Balaban J connectivity index is 1.65. The largest absolute Gasteiger partial charge is 0.377 e. The molecular weight excluding hydrogens is 318 g/mol. The first-order chi connectivity index (χ1) is 12.1. The number of rotatable bonds is 3. The molecule has 1 aliphatic rings. The standard InChI is InChI=1S/C19H21N3O3/c1-14-13-25-11-10-22(14)19(24)21-17-9-5-8-16(12-17)20-18(23)15-6-3-2-4-7-15/h2-9,12,14H,10-11,13H2,1H3,(H,20,23)(H,21,24)/t14-/m1/s1. The van der Waals surface area contributed by atoms with Gasteiger partial charge in [0.1, 0.15) is 0 Å². The van der Waals surface area contributed by atoms with Gasteiger partial charge < -0.3 is 20.3 Å². The van der Waals surface area contributed by atoms with E-state index in [0.29, 0.717) is 36.7 Å². The molecule has 0 saturated carbocycles. The van der Waals surface area contributed by atoms with Crippen LogP contribution in [0.3, 0.4) is 0 Å². The van der Waals surface area contributed by atoms with E-state index in [1.807, 2.05) is 25.1 Å². The number of carbonyl (C=O) groups excluding carboxylic acids is 2. The lowest BCUT2D eigenvalue weighted by Gasteiger charge is -2.33. The number of nitrogens with zero attached hydrogens (tertiary/aromatic N) is 1. The van der Waals surface area contributed by atoms with Gasteiger partial charge in [0.2, 0.25) is 0 Å². The van der Waals surface area contributed by atoms with Gasteiger partial charge in [-0.15, -0.1) is 0 Å². The van der Waals surface area contributed by atoms with Crippen molar-refractivity contribution >= 4 is 23.3 Å². The Hall–Kier alpha value is -2.86. The van der Waals surface area contributed by atoms with E-state index < -0.39 is 0 Å². The molecule has 2 N–H and O–H groups in total. The van der Waals surface area contributed by atoms with Gasteiger partial charge in [-0.3, -0.25) is 4.79 Å². The normalized spacial score (nSPS) is 17.0. The topological polar surface area (TPSA) is 70.7 Å². The highest BCUT2D eigenvalue weighted by atomic mass is 16.5. The van der Waals surface area contributed by atoms with Gasteiger partial charge in [-0.2, -0.15) is 0 Å². The number of ether oxygens (including phenoxy) is 1. The molecule has 0 aliphatic carbocycles. The molecule has 2 aromatic carbocycles. The highest BCUT2D eigenvalue weighted by Crippen LogP contribution is 2.17. The van der Waals surface area contributed by atoms with Crippen LogP contribution in [0.5, 0.6) is 0 Å². The number of benzene rings is 2. The van der Waals surface area contributed by atoms with Crippen LogP contribution in [-0.2, 0) is 4.74 Å². The molecule has 0 bridgehead atoms. The second kappa shape index (κ2) is 7.81. The summed E-state index contributed by atoms with van der Waals surface area (Å²) >= 11 is 0. The maximum atomic E-state index is 12.4. The minimum Gasteiger partial charge on any atom is -0.377 e. The number of nitrogens with one attached hydrogen (secondary N) is 2. The van der Waals surface area contributed by atoms with Crippen molar-refractivity contribution in [1.29, 1.82) is 0 Å². The zero-order valence-corrected chi connectivity index (χ0v) is 14.1. The molecule has 2 aromatic rings. The maximum absolute atomic E-state index is 12.4. The predicted molar refractivity (Wildman–Crippen MR) is 96.8 cm³/mol. The van der Waals surface area contributed by atoms with Gasteiger partial charge in [0.25, 0.3) is 5.91 Å². The molecule has 1 aliphatic heterocycles.